The van der Waals surface area contributed by atoms with E-state index in [0.717, 1.165) is 0 Å². The highest BCUT2D eigenvalue weighted by atomic mass is 79.9. The summed E-state index contributed by atoms with van der Waals surface area (Å²) >= 11 is 3.24. The Kier molecular flexibility index (Phi) is 3.85. The van der Waals surface area contributed by atoms with Crippen molar-refractivity contribution in [3.05, 3.63) is 58.6 Å². The maximum Gasteiger partial charge on any atom is 0.207 e. The molecule has 3 nitrogen and oxygen atoms in total. The molecule has 1 N–H and O–H groups in total. The van der Waals surface area contributed by atoms with Crippen molar-refractivity contribution in [1.29, 1.82) is 0 Å². The van der Waals surface area contributed by atoms with Crippen LogP contribution >= 0.6 is 15.9 Å². The summed E-state index contributed by atoms with van der Waals surface area (Å²) in [5.41, 5.74) is 0.682. The lowest BCUT2D eigenvalue weighted by Crippen LogP contribution is -2.03. The van der Waals surface area contributed by atoms with Gasteiger partial charge in [0.25, 0.3) is 0 Å². The van der Waals surface area contributed by atoms with Gasteiger partial charge in [-0.25, -0.2) is 8.42 Å². The van der Waals surface area contributed by atoms with Crippen LogP contribution in [0.2, 0.25) is 0 Å². The molecule has 0 aliphatic rings. The Bertz CT molecular complexity index is 648. The highest BCUT2D eigenvalue weighted by molar-refractivity contribution is 9.10. The van der Waals surface area contributed by atoms with E-state index in [0.29, 0.717) is 10.0 Å². The monoisotopic (exact) mass is 326 g/mol. The standard InChI is InChI=1S/C13H11BrO3S/c14-12-3-1-2-4-13(12)18(16,17)11-7-5-10(9-15)6-8-11/h1-8,15H,9H2. The molecular formula is C13H11BrO3S. The summed E-state index contributed by atoms with van der Waals surface area (Å²) < 4.78 is 25.3. The van der Waals surface area contributed by atoms with Gasteiger partial charge in [-0.15, -0.1) is 0 Å². The molecule has 5 heteroatoms. The molecule has 0 saturated heterocycles. The summed E-state index contributed by atoms with van der Waals surface area (Å²) in [6.07, 6.45) is 0. The van der Waals surface area contributed by atoms with Crippen molar-refractivity contribution >= 4 is 25.8 Å². The first kappa shape index (κ1) is 13.3. The first-order chi connectivity index (χ1) is 8.55. The number of rotatable bonds is 3. The maximum atomic E-state index is 12.4. The molecule has 0 fully saturated rings. The molecule has 2 aromatic carbocycles. The quantitative estimate of drug-likeness (QED) is 0.943. The molecule has 2 aromatic rings. The summed E-state index contributed by atoms with van der Waals surface area (Å²) in [6.45, 7) is -0.102. The first-order valence-electron chi connectivity index (χ1n) is 5.25. The Hall–Kier alpha value is -1.17. The largest absolute Gasteiger partial charge is 0.392 e. The van der Waals surface area contributed by atoms with Gasteiger partial charge in [0.05, 0.1) is 16.4 Å². The third kappa shape index (κ3) is 2.48. The van der Waals surface area contributed by atoms with E-state index in [4.69, 9.17) is 5.11 Å². The predicted octanol–water partition coefficient (Wildman–Crippen LogP) is 2.77. The molecule has 2 rings (SSSR count). The number of halogens is 1. The third-order valence-electron chi connectivity index (χ3n) is 2.54. The van der Waals surface area contributed by atoms with Crippen LogP contribution in [0.4, 0.5) is 0 Å². The lowest BCUT2D eigenvalue weighted by molar-refractivity contribution is 0.282. The van der Waals surface area contributed by atoms with E-state index in [2.05, 4.69) is 15.9 Å². The zero-order valence-electron chi connectivity index (χ0n) is 9.38. The van der Waals surface area contributed by atoms with Crippen molar-refractivity contribution < 1.29 is 13.5 Å². The molecule has 0 amide bonds. The molecule has 0 unspecified atom stereocenters. The topological polar surface area (TPSA) is 54.4 Å². The van der Waals surface area contributed by atoms with Gasteiger partial charge in [-0.3, -0.25) is 0 Å². The molecule has 0 aliphatic heterocycles. The highest BCUT2D eigenvalue weighted by Gasteiger charge is 2.19. The summed E-state index contributed by atoms with van der Waals surface area (Å²) in [5, 5.41) is 8.94. The molecule has 0 atom stereocenters. The fourth-order valence-electron chi connectivity index (χ4n) is 1.56. The van der Waals surface area contributed by atoms with E-state index >= 15 is 0 Å². The second kappa shape index (κ2) is 5.22. The van der Waals surface area contributed by atoms with Gasteiger partial charge >= 0.3 is 0 Å². The Labute approximate surface area is 114 Å². The molecule has 0 aliphatic carbocycles. The van der Waals surface area contributed by atoms with Crippen molar-refractivity contribution in [1.82, 2.24) is 0 Å². The molecule has 18 heavy (non-hydrogen) atoms. The van der Waals surface area contributed by atoms with E-state index in [1.807, 2.05) is 0 Å². The van der Waals surface area contributed by atoms with Crippen LogP contribution in [0.25, 0.3) is 0 Å². The second-order valence-corrected chi connectivity index (χ2v) is 6.51. The molecule has 0 heterocycles. The number of hydrogen-bond donors (Lipinski definition) is 1. The highest BCUT2D eigenvalue weighted by Crippen LogP contribution is 2.27. The number of sulfone groups is 1. The average molecular weight is 327 g/mol. The van der Waals surface area contributed by atoms with E-state index in [9.17, 15) is 8.42 Å². The Morgan fingerprint density at radius 1 is 1.00 bits per heavy atom. The van der Waals surface area contributed by atoms with Crippen LogP contribution in [0.3, 0.4) is 0 Å². The first-order valence-corrected chi connectivity index (χ1v) is 7.53. The van der Waals surface area contributed by atoms with E-state index in [-0.39, 0.29) is 16.4 Å². The maximum absolute atomic E-state index is 12.4. The van der Waals surface area contributed by atoms with Crippen molar-refractivity contribution in [2.75, 3.05) is 0 Å². The van der Waals surface area contributed by atoms with Gasteiger partial charge in [0.15, 0.2) is 0 Å². The van der Waals surface area contributed by atoms with Crippen LogP contribution in [0.1, 0.15) is 5.56 Å². The van der Waals surface area contributed by atoms with E-state index in [1.54, 1.807) is 36.4 Å². The minimum atomic E-state index is -3.52. The molecule has 94 valence electrons. The van der Waals surface area contributed by atoms with Gasteiger partial charge in [-0.05, 0) is 45.8 Å². The van der Waals surface area contributed by atoms with Crippen molar-refractivity contribution in [2.45, 2.75) is 16.4 Å². The predicted molar refractivity (Wildman–Crippen MR) is 72.0 cm³/mol. The van der Waals surface area contributed by atoms with Gasteiger partial charge in [0, 0.05) is 4.47 Å². The Morgan fingerprint density at radius 2 is 1.61 bits per heavy atom. The normalized spacial score (nSPS) is 11.4. The fraction of sp³-hybridized carbons (Fsp3) is 0.0769. The van der Waals surface area contributed by atoms with Crippen LogP contribution in [-0.2, 0) is 16.4 Å². The molecule has 0 saturated carbocycles. The van der Waals surface area contributed by atoms with Crippen LogP contribution in [-0.4, -0.2) is 13.5 Å². The van der Waals surface area contributed by atoms with Crippen molar-refractivity contribution in [2.24, 2.45) is 0 Å². The second-order valence-electron chi connectivity index (χ2n) is 3.74. The van der Waals surface area contributed by atoms with Gasteiger partial charge in [0.1, 0.15) is 0 Å². The number of aliphatic hydroxyl groups excluding tert-OH is 1. The van der Waals surface area contributed by atoms with Crippen molar-refractivity contribution in [3.63, 3.8) is 0 Å². The van der Waals surface area contributed by atoms with Crippen LogP contribution in [0.15, 0.2) is 62.8 Å². The Balaban J connectivity index is 2.51. The van der Waals surface area contributed by atoms with E-state index < -0.39 is 9.84 Å². The summed E-state index contributed by atoms with van der Waals surface area (Å²) in [5.74, 6) is 0. The minimum Gasteiger partial charge on any atom is -0.392 e. The van der Waals surface area contributed by atoms with Crippen LogP contribution in [0, 0.1) is 0 Å². The molecule has 0 radical (unpaired) electrons. The molecule has 0 spiro atoms. The van der Waals surface area contributed by atoms with Crippen LogP contribution < -0.4 is 0 Å². The lowest BCUT2D eigenvalue weighted by atomic mass is 10.2. The zero-order chi connectivity index (χ0) is 13.2. The summed E-state index contributed by atoms with van der Waals surface area (Å²) in [4.78, 5) is 0.452. The van der Waals surface area contributed by atoms with Crippen LogP contribution in [0.5, 0.6) is 0 Å². The fourth-order valence-corrected chi connectivity index (χ4v) is 3.82. The van der Waals surface area contributed by atoms with Crippen molar-refractivity contribution in [3.8, 4) is 0 Å². The molecular weight excluding hydrogens is 316 g/mol. The van der Waals surface area contributed by atoms with Gasteiger partial charge in [0.2, 0.25) is 9.84 Å². The lowest BCUT2D eigenvalue weighted by Gasteiger charge is -2.07. The third-order valence-corrected chi connectivity index (χ3v) is 5.32. The van der Waals surface area contributed by atoms with E-state index in [1.165, 1.54) is 12.1 Å². The number of aliphatic hydroxyl groups is 1. The SMILES string of the molecule is O=S(=O)(c1ccc(CO)cc1)c1ccccc1Br. The average Bonchev–Trinajstić information content (AvgIpc) is 2.39. The summed E-state index contributed by atoms with van der Waals surface area (Å²) in [7, 11) is -3.52. The van der Waals surface area contributed by atoms with Gasteiger partial charge in [-0.2, -0.15) is 0 Å². The summed E-state index contributed by atoms with van der Waals surface area (Å²) in [6, 6.07) is 12.9. The van der Waals surface area contributed by atoms with Gasteiger partial charge in [-0.1, -0.05) is 24.3 Å². The minimum absolute atomic E-state index is 0.102. The number of hydrogen-bond acceptors (Lipinski definition) is 3. The van der Waals surface area contributed by atoms with Gasteiger partial charge < -0.3 is 5.11 Å². The zero-order valence-corrected chi connectivity index (χ0v) is 11.8. The Morgan fingerprint density at radius 3 is 2.17 bits per heavy atom. The number of benzene rings is 2. The smallest absolute Gasteiger partial charge is 0.207 e. The molecule has 0 aromatic heterocycles. The molecule has 0 bridgehead atoms.